The number of fused-ring (bicyclic) bond motifs is 1. The van der Waals surface area contributed by atoms with Gasteiger partial charge in [0, 0.05) is 30.9 Å². The summed E-state index contributed by atoms with van der Waals surface area (Å²) in [6.45, 7) is 3.54. The summed E-state index contributed by atoms with van der Waals surface area (Å²) in [5.74, 6) is 1.58. The molecule has 4 heteroatoms. The van der Waals surface area contributed by atoms with Gasteiger partial charge in [-0.2, -0.15) is 0 Å². The van der Waals surface area contributed by atoms with Crippen molar-refractivity contribution in [1.82, 2.24) is 4.90 Å². The Morgan fingerprint density at radius 1 is 1.25 bits per heavy atom. The summed E-state index contributed by atoms with van der Waals surface area (Å²) in [5, 5.41) is 0. The first-order valence-corrected chi connectivity index (χ1v) is 7.57. The SMILES string of the molecule is COc1cc(N2CCC3C(CCCN3C)C2)ccc1N. The standard InChI is InChI=1S/C16H25N3O/c1-18-8-3-4-12-11-19(9-7-15(12)18)13-5-6-14(17)16(10-13)20-2/h5-6,10,12,15H,3-4,7-9,11,17H2,1-2H3. The first-order chi connectivity index (χ1) is 9.69. The maximum atomic E-state index is 5.90. The molecule has 2 unspecified atom stereocenters. The van der Waals surface area contributed by atoms with Gasteiger partial charge in [0.15, 0.2) is 0 Å². The van der Waals surface area contributed by atoms with Crippen molar-refractivity contribution < 1.29 is 4.74 Å². The molecule has 2 saturated heterocycles. The maximum Gasteiger partial charge on any atom is 0.143 e. The predicted molar refractivity (Wildman–Crippen MR) is 83.4 cm³/mol. The second-order valence-electron chi connectivity index (χ2n) is 6.11. The van der Waals surface area contributed by atoms with E-state index in [-0.39, 0.29) is 0 Å². The van der Waals surface area contributed by atoms with E-state index in [1.807, 2.05) is 6.07 Å². The van der Waals surface area contributed by atoms with Crippen molar-refractivity contribution >= 4 is 11.4 Å². The van der Waals surface area contributed by atoms with Crippen molar-refractivity contribution in [1.29, 1.82) is 0 Å². The number of methoxy groups -OCH3 is 1. The quantitative estimate of drug-likeness (QED) is 0.840. The number of piperidine rings is 2. The van der Waals surface area contributed by atoms with Crippen molar-refractivity contribution in [3.8, 4) is 5.75 Å². The van der Waals surface area contributed by atoms with Crippen LogP contribution in [0.4, 0.5) is 11.4 Å². The highest BCUT2D eigenvalue weighted by atomic mass is 16.5. The van der Waals surface area contributed by atoms with Crippen LogP contribution in [0.2, 0.25) is 0 Å². The van der Waals surface area contributed by atoms with Gasteiger partial charge in [0.1, 0.15) is 5.75 Å². The number of ether oxygens (including phenoxy) is 1. The van der Waals surface area contributed by atoms with E-state index < -0.39 is 0 Å². The van der Waals surface area contributed by atoms with E-state index >= 15 is 0 Å². The molecule has 0 spiro atoms. The summed E-state index contributed by atoms with van der Waals surface area (Å²) < 4.78 is 5.34. The monoisotopic (exact) mass is 275 g/mol. The van der Waals surface area contributed by atoms with Gasteiger partial charge in [0.25, 0.3) is 0 Å². The highest BCUT2D eigenvalue weighted by molar-refractivity contribution is 5.62. The van der Waals surface area contributed by atoms with Crippen molar-refractivity contribution in [3.05, 3.63) is 18.2 Å². The Balaban J connectivity index is 1.76. The van der Waals surface area contributed by atoms with Crippen LogP contribution in [-0.2, 0) is 0 Å². The minimum atomic E-state index is 0.712. The summed E-state index contributed by atoms with van der Waals surface area (Å²) in [6.07, 6.45) is 3.95. The van der Waals surface area contributed by atoms with Crippen molar-refractivity contribution in [2.24, 2.45) is 5.92 Å². The number of anilines is 2. The average molecular weight is 275 g/mol. The van der Waals surface area contributed by atoms with E-state index in [4.69, 9.17) is 10.5 Å². The van der Waals surface area contributed by atoms with Gasteiger partial charge >= 0.3 is 0 Å². The molecule has 3 rings (SSSR count). The molecule has 4 nitrogen and oxygen atoms in total. The molecule has 2 aliphatic heterocycles. The summed E-state index contributed by atoms with van der Waals surface area (Å²) in [4.78, 5) is 5.04. The molecule has 0 radical (unpaired) electrons. The van der Waals surface area contributed by atoms with Crippen LogP contribution in [0.3, 0.4) is 0 Å². The smallest absolute Gasteiger partial charge is 0.143 e. The third-order valence-corrected chi connectivity index (χ3v) is 4.93. The zero-order valence-electron chi connectivity index (χ0n) is 12.5. The van der Waals surface area contributed by atoms with Crippen LogP contribution in [0.5, 0.6) is 5.75 Å². The van der Waals surface area contributed by atoms with Gasteiger partial charge in [-0.15, -0.1) is 0 Å². The van der Waals surface area contributed by atoms with E-state index in [9.17, 15) is 0 Å². The van der Waals surface area contributed by atoms with Crippen LogP contribution in [0.1, 0.15) is 19.3 Å². The van der Waals surface area contributed by atoms with E-state index in [0.717, 1.165) is 30.8 Å². The Morgan fingerprint density at radius 2 is 2.10 bits per heavy atom. The van der Waals surface area contributed by atoms with Crippen LogP contribution in [0, 0.1) is 5.92 Å². The summed E-state index contributed by atoms with van der Waals surface area (Å²) in [7, 11) is 3.95. The van der Waals surface area contributed by atoms with E-state index in [0.29, 0.717) is 5.69 Å². The first-order valence-electron chi connectivity index (χ1n) is 7.57. The lowest BCUT2D eigenvalue weighted by atomic mass is 9.84. The van der Waals surface area contributed by atoms with Gasteiger partial charge in [-0.1, -0.05) is 0 Å². The molecule has 0 aliphatic carbocycles. The Kier molecular flexibility index (Phi) is 3.74. The Hall–Kier alpha value is -1.42. The fraction of sp³-hybridized carbons (Fsp3) is 0.625. The van der Waals surface area contributed by atoms with Crippen LogP contribution in [0.25, 0.3) is 0 Å². The fourth-order valence-corrected chi connectivity index (χ4v) is 3.78. The van der Waals surface area contributed by atoms with Crippen molar-refractivity contribution in [2.45, 2.75) is 25.3 Å². The summed E-state index contributed by atoms with van der Waals surface area (Å²) in [6, 6.07) is 6.91. The molecule has 2 aliphatic rings. The Labute approximate surface area is 121 Å². The zero-order valence-corrected chi connectivity index (χ0v) is 12.5. The Morgan fingerprint density at radius 3 is 2.90 bits per heavy atom. The molecular formula is C16H25N3O. The van der Waals surface area contributed by atoms with Gasteiger partial charge in [-0.25, -0.2) is 0 Å². The topological polar surface area (TPSA) is 41.7 Å². The maximum absolute atomic E-state index is 5.90. The van der Waals surface area contributed by atoms with Crippen LogP contribution in [-0.4, -0.2) is 44.7 Å². The number of benzene rings is 1. The van der Waals surface area contributed by atoms with Crippen LogP contribution in [0.15, 0.2) is 18.2 Å². The first kappa shape index (κ1) is 13.6. The van der Waals surface area contributed by atoms with Gasteiger partial charge in [0.05, 0.1) is 12.8 Å². The largest absolute Gasteiger partial charge is 0.495 e. The van der Waals surface area contributed by atoms with Gasteiger partial charge in [0.2, 0.25) is 0 Å². The molecule has 1 aromatic rings. The van der Waals surface area contributed by atoms with E-state index in [1.54, 1.807) is 7.11 Å². The molecule has 20 heavy (non-hydrogen) atoms. The number of nitrogen functional groups attached to an aromatic ring is 1. The number of hydrogen-bond acceptors (Lipinski definition) is 4. The lowest BCUT2D eigenvalue weighted by Gasteiger charge is -2.46. The third-order valence-electron chi connectivity index (χ3n) is 4.93. The Bertz CT molecular complexity index is 477. The lowest BCUT2D eigenvalue weighted by Crippen LogP contribution is -2.52. The predicted octanol–water partition coefficient (Wildman–Crippen LogP) is 2.20. The molecule has 0 bridgehead atoms. The number of nitrogens with zero attached hydrogens (tertiary/aromatic N) is 2. The molecular weight excluding hydrogens is 250 g/mol. The number of hydrogen-bond donors (Lipinski definition) is 1. The molecule has 1 aromatic carbocycles. The molecule has 2 atom stereocenters. The van der Waals surface area contributed by atoms with Crippen molar-refractivity contribution in [2.75, 3.05) is 44.4 Å². The minimum Gasteiger partial charge on any atom is -0.495 e. The highest BCUT2D eigenvalue weighted by Crippen LogP contribution is 2.34. The summed E-state index contributed by atoms with van der Waals surface area (Å²) >= 11 is 0. The van der Waals surface area contributed by atoms with Crippen molar-refractivity contribution in [3.63, 3.8) is 0 Å². The van der Waals surface area contributed by atoms with Gasteiger partial charge in [-0.05, 0) is 50.9 Å². The number of nitrogens with two attached hydrogens (primary N) is 1. The average Bonchev–Trinajstić information content (AvgIpc) is 2.47. The second-order valence-corrected chi connectivity index (χ2v) is 6.11. The minimum absolute atomic E-state index is 0.712. The van der Waals surface area contributed by atoms with E-state index in [1.165, 1.54) is 31.5 Å². The van der Waals surface area contributed by atoms with Gasteiger partial charge < -0.3 is 20.3 Å². The molecule has 2 fully saturated rings. The molecule has 110 valence electrons. The second kappa shape index (κ2) is 5.52. The molecule has 2 N–H and O–H groups in total. The van der Waals surface area contributed by atoms with E-state index in [2.05, 4.69) is 29.0 Å². The number of rotatable bonds is 2. The van der Waals surface area contributed by atoms with Crippen LogP contribution < -0.4 is 15.4 Å². The third kappa shape index (κ3) is 2.44. The molecule has 2 heterocycles. The molecule has 0 aromatic heterocycles. The molecule has 0 saturated carbocycles. The van der Waals surface area contributed by atoms with Crippen LogP contribution >= 0.6 is 0 Å². The fourth-order valence-electron chi connectivity index (χ4n) is 3.78. The molecule has 0 amide bonds. The van der Waals surface area contributed by atoms with Gasteiger partial charge in [-0.3, -0.25) is 0 Å². The lowest BCUT2D eigenvalue weighted by molar-refractivity contribution is 0.102. The highest BCUT2D eigenvalue weighted by Gasteiger charge is 2.34. The zero-order chi connectivity index (χ0) is 14.1. The number of likely N-dealkylation sites (tertiary alicyclic amines) is 1. The summed E-state index contributed by atoms with van der Waals surface area (Å²) in [5.41, 5.74) is 7.85. The normalized spacial score (nSPS) is 27.2.